The number of aromatic nitrogens is 1. The van der Waals surface area contributed by atoms with Crippen LogP contribution < -0.4 is 9.47 Å². The van der Waals surface area contributed by atoms with Crippen LogP contribution in [-0.2, 0) is 0 Å². The van der Waals surface area contributed by atoms with Crippen molar-refractivity contribution in [3.05, 3.63) is 54.1 Å². The average molecular weight is 405 g/mol. The third-order valence-corrected chi connectivity index (χ3v) is 5.63. The number of methoxy groups -OCH3 is 2. The smallest absolute Gasteiger partial charge is 0.254 e. The van der Waals surface area contributed by atoms with Gasteiger partial charge in [-0.15, -0.1) is 0 Å². The second-order valence-electron chi connectivity index (χ2n) is 7.59. The lowest BCUT2D eigenvalue weighted by molar-refractivity contribution is 0.0765. The van der Waals surface area contributed by atoms with Gasteiger partial charge in [-0.2, -0.15) is 0 Å². The molecule has 2 aromatic carbocycles. The summed E-state index contributed by atoms with van der Waals surface area (Å²) in [5.41, 5.74) is 3.11. The standard InChI is InChI=1S/C24H27N3O3/c1-26-11-6-12-27(14-13-26)24(28)19-16-21(25-20-8-5-4-7-18(19)20)17-9-10-22(29-2)23(15-17)30-3/h4-5,7-10,15-16H,6,11-14H2,1-3H3. The SMILES string of the molecule is COc1ccc(-c2cc(C(=O)N3CCCN(C)CC3)c3ccccc3n2)cc1OC. The molecule has 0 atom stereocenters. The summed E-state index contributed by atoms with van der Waals surface area (Å²) in [6.07, 6.45) is 0.980. The molecule has 156 valence electrons. The molecule has 1 amide bonds. The number of para-hydroxylation sites is 1. The molecule has 0 bridgehead atoms. The Balaban J connectivity index is 1.79. The van der Waals surface area contributed by atoms with Crippen LogP contribution >= 0.6 is 0 Å². The van der Waals surface area contributed by atoms with E-state index in [1.165, 1.54) is 0 Å². The topological polar surface area (TPSA) is 54.9 Å². The number of pyridine rings is 1. The van der Waals surface area contributed by atoms with E-state index in [0.717, 1.165) is 54.8 Å². The summed E-state index contributed by atoms with van der Waals surface area (Å²) in [4.78, 5) is 22.6. The first kappa shape index (κ1) is 20.2. The van der Waals surface area contributed by atoms with Crippen molar-refractivity contribution in [1.29, 1.82) is 0 Å². The number of hydrogen-bond donors (Lipinski definition) is 0. The highest BCUT2D eigenvalue weighted by molar-refractivity contribution is 6.07. The quantitative estimate of drug-likeness (QED) is 0.663. The van der Waals surface area contributed by atoms with E-state index >= 15 is 0 Å². The van der Waals surface area contributed by atoms with Crippen LogP contribution in [0.5, 0.6) is 11.5 Å². The fourth-order valence-corrected chi connectivity index (χ4v) is 3.92. The van der Waals surface area contributed by atoms with Gasteiger partial charge >= 0.3 is 0 Å². The van der Waals surface area contributed by atoms with E-state index in [1.54, 1.807) is 14.2 Å². The summed E-state index contributed by atoms with van der Waals surface area (Å²) < 4.78 is 10.8. The van der Waals surface area contributed by atoms with Gasteiger partial charge in [0.1, 0.15) is 0 Å². The van der Waals surface area contributed by atoms with Crippen molar-refractivity contribution in [2.75, 3.05) is 47.4 Å². The summed E-state index contributed by atoms with van der Waals surface area (Å²) in [5.74, 6) is 1.35. The van der Waals surface area contributed by atoms with Gasteiger partial charge in [-0.25, -0.2) is 4.98 Å². The molecular formula is C24H27N3O3. The van der Waals surface area contributed by atoms with Crippen molar-refractivity contribution in [1.82, 2.24) is 14.8 Å². The highest BCUT2D eigenvalue weighted by Gasteiger charge is 2.22. The molecule has 0 N–H and O–H groups in total. The predicted molar refractivity (Wildman–Crippen MR) is 118 cm³/mol. The van der Waals surface area contributed by atoms with Gasteiger partial charge in [0.25, 0.3) is 5.91 Å². The fourth-order valence-electron chi connectivity index (χ4n) is 3.92. The second-order valence-corrected chi connectivity index (χ2v) is 7.59. The summed E-state index contributed by atoms with van der Waals surface area (Å²) in [6, 6.07) is 15.4. The van der Waals surface area contributed by atoms with Gasteiger partial charge in [0.05, 0.1) is 31.0 Å². The van der Waals surface area contributed by atoms with Crippen LogP contribution in [0.25, 0.3) is 22.2 Å². The highest BCUT2D eigenvalue weighted by Crippen LogP contribution is 2.33. The number of benzene rings is 2. The Morgan fingerprint density at radius 2 is 1.73 bits per heavy atom. The number of rotatable bonds is 4. The third-order valence-electron chi connectivity index (χ3n) is 5.63. The first-order valence-corrected chi connectivity index (χ1v) is 10.2. The maximum Gasteiger partial charge on any atom is 0.254 e. The summed E-state index contributed by atoms with van der Waals surface area (Å²) >= 11 is 0. The molecular weight excluding hydrogens is 378 g/mol. The molecule has 30 heavy (non-hydrogen) atoms. The number of carbonyl (C=O) groups excluding carboxylic acids is 1. The van der Waals surface area contributed by atoms with E-state index < -0.39 is 0 Å². The molecule has 1 fully saturated rings. The molecule has 0 radical (unpaired) electrons. The van der Waals surface area contributed by atoms with Crippen LogP contribution in [0.15, 0.2) is 48.5 Å². The molecule has 0 aliphatic carbocycles. The van der Waals surface area contributed by atoms with Crippen LogP contribution in [-0.4, -0.2) is 68.1 Å². The van der Waals surface area contributed by atoms with Crippen molar-refractivity contribution < 1.29 is 14.3 Å². The number of carbonyl (C=O) groups is 1. The Morgan fingerprint density at radius 1 is 0.933 bits per heavy atom. The first-order chi connectivity index (χ1) is 14.6. The Hall–Kier alpha value is -3.12. The number of nitrogens with zero attached hydrogens (tertiary/aromatic N) is 3. The van der Waals surface area contributed by atoms with Crippen LogP contribution in [0, 0.1) is 0 Å². The average Bonchev–Trinajstić information content (AvgIpc) is 3.01. The number of likely N-dealkylation sites (N-methyl/N-ethyl adjacent to an activating group) is 1. The molecule has 1 aliphatic heterocycles. The third kappa shape index (κ3) is 3.96. The van der Waals surface area contributed by atoms with E-state index in [1.807, 2.05) is 53.4 Å². The summed E-state index contributed by atoms with van der Waals surface area (Å²) in [6.45, 7) is 3.40. The van der Waals surface area contributed by atoms with Gasteiger partial charge in [0.2, 0.25) is 0 Å². The van der Waals surface area contributed by atoms with Gasteiger partial charge in [0, 0.05) is 30.6 Å². The maximum absolute atomic E-state index is 13.5. The number of ether oxygens (including phenoxy) is 2. The van der Waals surface area contributed by atoms with Crippen LogP contribution in [0.4, 0.5) is 0 Å². The minimum absolute atomic E-state index is 0.0608. The number of hydrogen-bond acceptors (Lipinski definition) is 5. The zero-order valence-corrected chi connectivity index (χ0v) is 17.7. The van der Waals surface area contributed by atoms with E-state index in [2.05, 4.69) is 11.9 Å². The lowest BCUT2D eigenvalue weighted by Crippen LogP contribution is -2.34. The number of amides is 1. The van der Waals surface area contributed by atoms with E-state index in [4.69, 9.17) is 14.5 Å². The second kappa shape index (κ2) is 8.71. The zero-order valence-electron chi connectivity index (χ0n) is 17.7. The molecule has 1 aromatic heterocycles. The van der Waals surface area contributed by atoms with E-state index in [9.17, 15) is 4.79 Å². The Labute approximate surface area is 177 Å². The van der Waals surface area contributed by atoms with Crippen LogP contribution in [0.3, 0.4) is 0 Å². The van der Waals surface area contributed by atoms with Crippen molar-refractivity contribution >= 4 is 16.8 Å². The highest BCUT2D eigenvalue weighted by atomic mass is 16.5. The normalized spacial score (nSPS) is 15.1. The van der Waals surface area contributed by atoms with Gasteiger partial charge in [-0.3, -0.25) is 4.79 Å². The van der Waals surface area contributed by atoms with Crippen molar-refractivity contribution in [2.45, 2.75) is 6.42 Å². The molecule has 6 heteroatoms. The Bertz CT molecular complexity index is 1070. The number of fused-ring (bicyclic) bond motifs is 1. The molecule has 3 aromatic rings. The van der Waals surface area contributed by atoms with Gasteiger partial charge < -0.3 is 19.3 Å². The lowest BCUT2D eigenvalue weighted by atomic mass is 10.0. The monoisotopic (exact) mass is 405 g/mol. The molecule has 1 aliphatic rings. The summed E-state index contributed by atoms with van der Waals surface area (Å²) in [5, 5.41) is 0.879. The van der Waals surface area contributed by atoms with Crippen molar-refractivity contribution in [2.24, 2.45) is 0 Å². The molecule has 0 unspecified atom stereocenters. The predicted octanol–water partition coefficient (Wildman–Crippen LogP) is 3.70. The van der Waals surface area contributed by atoms with Crippen LogP contribution in [0.1, 0.15) is 16.8 Å². The Kier molecular flexibility index (Phi) is 5.86. The molecule has 0 spiro atoms. The molecule has 4 rings (SSSR count). The van der Waals surface area contributed by atoms with Crippen molar-refractivity contribution in [3.8, 4) is 22.8 Å². The van der Waals surface area contributed by atoms with Gasteiger partial charge in [-0.1, -0.05) is 18.2 Å². The summed E-state index contributed by atoms with van der Waals surface area (Å²) in [7, 11) is 5.33. The first-order valence-electron chi connectivity index (χ1n) is 10.2. The molecule has 2 heterocycles. The van der Waals surface area contributed by atoms with Gasteiger partial charge in [-0.05, 0) is 50.3 Å². The molecule has 1 saturated heterocycles. The van der Waals surface area contributed by atoms with Gasteiger partial charge in [0.15, 0.2) is 11.5 Å². The largest absolute Gasteiger partial charge is 0.493 e. The molecule has 0 saturated carbocycles. The minimum atomic E-state index is 0.0608. The van der Waals surface area contributed by atoms with E-state index in [-0.39, 0.29) is 5.91 Å². The maximum atomic E-state index is 13.5. The van der Waals surface area contributed by atoms with Crippen LogP contribution in [0.2, 0.25) is 0 Å². The zero-order chi connectivity index (χ0) is 21.1. The molecule has 6 nitrogen and oxygen atoms in total. The minimum Gasteiger partial charge on any atom is -0.493 e. The lowest BCUT2D eigenvalue weighted by Gasteiger charge is -2.22. The Morgan fingerprint density at radius 3 is 2.53 bits per heavy atom. The van der Waals surface area contributed by atoms with E-state index in [0.29, 0.717) is 17.1 Å². The fraction of sp³-hybridized carbons (Fsp3) is 0.333. The van der Waals surface area contributed by atoms with Crippen molar-refractivity contribution in [3.63, 3.8) is 0 Å².